The number of carbonyl (C=O) groups is 5. The minimum atomic E-state index is -1.83. The smallest absolute Gasteiger partial charge is 0.450 e. The number of hydrogen-bond acceptors (Lipinski definition) is 5. The van der Waals surface area contributed by atoms with Crippen LogP contribution in [-0.2, 0) is 0 Å². The Labute approximate surface area is 1360 Å². The Balaban J connectivity index is -0.000000000798. The van der Waals surface area contributed by atoms with Gasteiger partial charge in [-0.05, 0) is 0 Å². The summed E-state index contributed by atoms with van der Waals surface area (Å²) in [7, 11) is 0. The molecule has 0 saturated heterocycles. The molecule has 0 aliphatic rings. The third-order valence-electron chi connectivity index (χ3n) is 0. The van der Waals surface area contributed by atoms with Gasteiger partial charge in [-0.2, -0.15) is 0 Å². The molecule has 59 heteroatoms. The monoisotopic (exact) mass is 1320 g/mol. The molecule has 0 fully saturated rings. The zero-order valence-electron chi connectivity index (χ0n) is 53.0. The summed E-state index contributed by atoms with van der Waals surface area (Å²) >= 11 is 0. The fourth-order valence-corrected chi connectivity index (χ4v) is 0. The molecule has 10 N–H and O–H groups in total. The molecular weight excluding hydrogens is 1310 g/mol. The van der Waals surface area contributed by atoms with Crippen LogP contribution in [0.1, 0.15) is 0 Å². The first-order valence-electron chi connectivity index (χ1n) is 3.26. The molecule has 120 valence electrons. The van der Waals surface area contributed by atoms with Crippen molar-refractivity contribution in [3.63, 3.8) is 0 Å². The van der Waals surface area contributed by atoms with E-state index in [1.54, 1.807) is 0 Å². The van der Waals surface area contributed by atoms with Crippen LogP contribution in [0.5, 0.6) is 0 Å². The maximum Gasteiger partial charge on any atom is 1.00 e. The van der Waals surface area contributed by atoms with Crippen molar-refractivity contribution in [3.8, 4) is 0 Å². The molecule has 0 aromatic carbocycles. The van der Waals surface area contributed by atoms with Gasteiger partial charge >= 0.3 is 1330 Å². The van der Waals surface area contributed by atoms with Gasteiger partial charge in [0.15, 0.2) is 0 Å². The normalized spacial score (nSPS) is 1.88. The van der Waals surface area contributed by atoms with E-state index in [0.29, 0.717) is 0 Å². The van der Waals surface area contributed by atoms with E-state index in [1.165, 1.54) is 0 Å². The summed E-state index contributed by atoms with van der Waals surface area (Å²) in [6, 6.07) is 0. The van der Waals surface area contributed by atoms with Gasteiger partial charge in [-0.1, -0.05) is 0 Å². The van der Waals surface area contributed by atoms with E-state index in [-0.39, 0.29) is 1300 Å². The van der Waals surface area contributed by atoms with E-state index in [4.69, 9.17) is 75.0 Å². The zero-order chi connectivity index (χ0) is 17.9. The van der Waals surface area contributed by atoms with Gasteiger partial charge in [0, 0.05) is 0 Å². The molecule has 0 heterocycles. The molecule has 0 aliphatic carbocycles. The summed E-state index contributed by atoms with van der Waals surface area (Å²) < 4.78 is 0. The topological polar surface area (TPSA) is 288 Å². The summed E-state index contributed by atoms with van der Waals surface area (Å²) in [4.78, 5) is 42.8. The Morgan fingerprint density at radius 3 is 0.109 bits per heavy atom. The minimum absolute atomic E-state index is 0. The van der Waals surface area contributed by atoms with E-state index < -0.39 is 30.8 Å². The number of rotatable bonds is 0. The maximum absolute atomic E-state index is 8.56. The summed E-state index contributed by atoms with van der Waals surface area (Å²) in [5.74, 6) is 0. The molecule has 0 aromatic rings. The van der Waals surface area contributed by atoms with Crippen LogP contribution in [0.15, 0.2) is 0 Å². The van der Waals surface area contributed by atoms with Crippen LogP contribution in [0, 0.1) is 0 Å². The predicted octanol–water partition coefficient (Wildman–Crippen LogP) is -131. The second kappa shape index (κ2) is 353. The van der Waals surface area contributed by atoms with Crippen molar-refractivity contribution in [1.29, 1.82) is 0 Å². The molecule has 0 amide bonds. The van der Waals surface area contributed by atoms with Crippen LogP contribution in [0.3, 0.4) is 0 Å². The van der Waals surface area contributed by atoms with Gasteiger partial charge < -0.3 is 51.1 Å². The van der Waals surface area contributed by atoms with E-state index in [1.807, 2.05) is 0 Å². The number of hydrogen-bond donors (Lipinski definition) is 10. The predicted molar refractivity (Wildman–Crippen MR) is 53.3 cm³/mol. The second-order valence-electron chi connectivity index (χ2n) is 1.41. The van der Waals surface area contributed by atoms with Gasteiger partial charge in [-0.3, -0.25) is 0 Å². The van der Waals surface area contributed by atoms with Crippen molar-refractivity contribution in [3.05, 3.63) is 0 Å². The molecule has 15 nitrogen and oxygen atoms in total. The fraction of sp³-hybridized carbons (Fsp3) is 0. The summed E-state index contributed by atoms with van der Waals surface area (Å²) in [6.07, 6.45) is -9.17. The molecular formula is C5H10Na44O15+44. The Morgan fingerprint density at radius 1 is 0.109 bits per heavy atom. The van der Waals surface area contributed by atoms with Crippen molar-refractivity contribution in [1.82, 2.24) is 0 Å². The first-order valence-corrected chi connectivity index (χ1v) is 3.26. The van der Waals surface area contributed by atoms with Crippen LogP contribution in [0.4, 0.5) is 24.0 Å². The standard InChI is InChI=1S/5CH2O3.44Na/c5*2-1(3)4;;;;;;;;;;;;;;;;;;;;;;;;;;;;;;;;;;;;;;;;;;;;/h5*(H2,2,3,4);;;;;;;;;;;;;;;;;;;;;;;;;;;;;;;;;;;;;;;;;;;;/q;;;;;44*+1. The van der Waals surface area contributed by atoms with E-state index in [2.05, 4.69) is 0 Å². The third-order valence-corrected chi connectivity index (χ3v) is 0. The Bertz CT molecular complexity index is 258. The Kier molecular flexibility index (Phi) is 2010. The third kappa shape index (κ3) is 646. The van der Waals surface area contributed by atoms with E-state index >= 15 is 0 Å². The fourth-order valence-electron chi connectivity index (χ4n) is 0. The first-order chi connectivity index (χ1) is 8.66. The molecule has 64 heavy (non-hydrogen) atoms. The van der Waals surface area contributed by atoms with Crippen LogP contribution in [-0.4, -0.2) is 81.8 Å². The molecule has 0 unspecified atom stereocenters. The average molecular weight is 1320 g/mol. The first kappa shape index (κ1) is 364. The summed E-state index contributed by atoms with van der Waals surface area (Å²) in [6.45, 7) is 0. The molecule has 0 aliphatic heterocycles. The molecule has 0 radical (unpaired) electrons. The molecule has 0 bridgehead atoms. The van der Waals surface area contributed by atoms with Crippen LogP contribution < -0.4 is 1300 Å². The molecule has 0 atom stereocenters. The van der Waals surface area contributed by atoms with Gasteiger partial charge in [0.2, 0.25) is 0 Å². The van der Waals surface area contributed by atoms with Gasteiger partial charge in [-0.25, -0.2) is 24.0 Å². The quantitative estimate of drug-likeness (QED) is 0.101. The van der Waals surface area contributed by atoms with Crippen molar-refractivity contribution in [2.45, 2.75) is 0 Å². The number of carboxylic acid groups (broad SMARTS) is 10. The average Bonchev–Trinajstić information content (AvgIpc) is 1.94. The Hall–Kier alpha value is 40.4. The van der Waals surface area contributed by atoms with Gasteiger partial charge in [0.1, 0.15) is 0 Å². The van der Waals surface area contributed by atoms with E-state index in [0.717, 1.165) is 0 Å². The summed E-state index contributed by atoms with van der Waals surface area (Å²) in [5.41, 5.74) is 0. The van der Waals surface area contributed by atoms with Crippen molar-refractivity contribution < 1.29 is 1380 Å². The molecule has 0 aromatic heterocycles. The second-order valence-corrected chi connectivity index (χ2v) is 1.41. The minimum Gasteiger partial charge on any atom is -0.450 e. The van der Waals surface area contributed by atoms with Gasteiger partial charge in [-0.15, -0.1) is 0 Å². The van der Waals surface area contributed by atoms with E-state index in [9.17, 15) is 0 Å². The molecule has 0 saturated carbocycles. The Morgan fingerprint density at radius 2 is 0.109 bits per heavy atom. The molecule has 0 spiro atoms. The van der Waals surface area contributed by atoms with Crippen LogP contribution in [0.2, 0.25) is 0 Å². The largest absolute Gasteiger partial charge is 1.00 e. The van der Waals surface area contributed by atoms with Crippen LogP contribution in [0.25, 0.3) is 0 Å². The zero-order valence-corrected chi connectivity index (χ0v) is 141. The molecule has 0 rings (SSSR count). The van der Waals surface area contributed by atoms with Crippen LogP contribution >= 0.6 is 0 Å². The SMILES string of the molecule is O=C(O)O.O=C(O)O.O=C(O)O.O=C(O)O.O=C(O)O.[Na+].[Na+].[Na+].[Na+].[Na+].[Na+].[Na+].[Na+].[Na+].[Na+].[Na+].[Na+].[Na+].[Na+].[Na+].[Na+].[Na+].[Na+].[Na+].[Na+].[Na+].[Na+].[Na+].[Na+].[Na+].[Na+].[Na+].[Na+].[Na+].[Na+].[Na+].[Na+].[Na+].[Na+].[Na+].[Na+].[Na+].[Na+].[Na+].[Na+].[Na+].[Na+].[Na+].[Na+]. The van der Waals surface area contributed by atoms with Crippen molar-refractivity contribution >= 4 is 30.8 Å². The summed E-state index contributed by atoms with van der Waals surface area (Å²) in [5, 5.41) is 69.7. The maximum atomic E-state index is 8.56. The van der Waals surface area contributed by atoms with Crippen molar-refractivity contribution in [2.75, 3.05) is 0 Å². The van der Waals surface area contributed by atoms with Gasteiger partial charge in [0.25, 0.3) is 0 Å². The van der Waals surface area contributed by atoms with Gasteiger partial charge in [0.05, 0.1) is 0 Å². The van der Waals surface area contributed by atoms with Crippen molar-refractivity contribution in [2.24, 2.45) is 0 Å².